The molecule has 2 aromatic heterocycles. The van der Waals surface area contributed by atoms with E-state index in [-0.39, 0.29) is 46.2 Å². The molecule has 0 aliphatic carbocycles. The number of nitrogens with one attached hydrogen (secondary N) is 3. The van der Waals surface area contributed by atoms with E-state index in [4.69, 9.17) is 0 Å². The quantitative estimate of drug-likeness (QED) is 0.338. The summed E-state index contributed by atoms with van der Waals surface area (Å²) in [6.45, 7) is 6.58. The predicted molar refractivity (Wildman–Crippen MR) is 145 cm³/mol. The Bertz CT molecular complexity index is 1630. The molecular formula is C29H30F2N6O3. The van der Waals surface area contributed by atoms with Gasteiger partial charge in [-0.05, 0) is 49.9 Å². The van der Waals surface area contributed by atoms with Gasteiger partial charge < -0.3 is 25.1 Å². The first-order chi connectivity index (χ1) is 19.0. The number of aromatic nitrogens is 3. The fraction of sp³-hybridized carbons (Fsp3) is 0.379. The van der Waals surface area contributed by atoms with Gasteiger partial charge in [-0.1, -0.05) is 26.0 Å². The zero-order valence-electron chi connectivity index (χ0n) is 22.4. The molecule has 11 heteroatoms. The summed E-state index contributed by atoms with van der Waals surface area (Å²) in [5.74, 6) is -2.16. The second-order valence-electron chi connectivity index (χ2n) is 11.5. The van der Waals surface area contributed by atoms with Crippen molar-refractivity contribution in [3.8, 4) is 0 Å². The lowest BCUT2D eigenvalue weighted by Gasteiger charge is -2.41. The van der Waals surface area contributed by atoms with E-state index in [1.165, 1.54) is 6.07 Å². The third-order valence-corrected chi connectivity index (χ3v) is 8.00. The molecule has 4 aromatic rings. The number of nitrogens with zero attached hydrogens (tertiary/aromatic N) is 3. The topological polar surface area (TPSA) is 114 Å². The normalized spacial score (nSPS) is 21.1. The summed E-state index contributed by atoms with van der Waals surface area (Å²) in [5.41, 5.74) is 1.11. The molecule has 0 radical (unpaired) electrons. The monoisotopic (exact) mass is 548 g/mol. The molecule has 0 saturated carbocycles. The first-order valence-corrected chi connectivity index (χ1v) is 13.4. The molecule has 40 heavy (non-hydrogen) atoms. The number of likely N-dealkylation sites (tertiary alicyclic amines) is 2. The fourth-order valence-corrected chi connectivity index (χ4v) is 6.15. The van der Waals surface area contributed by atoms with Crippen LogP contribution in [0.5, 0.6) is 0 Å². The van der Waals surface area contributed by atoms with Gasteiger partial charge in [0.2, 0.25) is 5.91 Å². The van der Waals surface area contributed by atoms with E-state index in [0.29, 0.717) is 31.4 Å². The summed E-state index contributed by atoms with van der Waals surface area (Å²) < 4.78 is 27.8. The lowest BCUT2D eigenvalue weighted by atomic mass is 9.98. The lowest BCUT2D eigenvalue weighted by Crippen LogP contribution is -2.60. The first kappa shape index (κ1) is 26.0. The van der Waals surface area contributed by atoms with E-state index in [9.17, 15) is 23.2 Å². The number of halogens is 2. The maximum absolute atomic E-state index is 14.2. The molecule has 2 aromatic carbocycles. The molecular weight excluding hydrogens is 518 g/mol. The summed E-state index contributed by atoms with van der Waals surface area (Å²) in [5, 5.41) is 2.91. The van der Waals surface area contributed by atoms with Crippen molar-refractivity contribution in [2.75, 3.05) is 13.1 Å². The van der Waals surface area contributed by atoms with E-state index in [0.717, 1.165) is 17.6 Å². The number of hydrogen-bond acceptors (Lipinski definition) is 4. The van der Waals surface area contributed by atoms with Gasteiger partial charge in [0.05, 0.1) is 28.1 Å². The number of carbonyl (C=O) groups is 3. The third-order valence-electron chi connectivity index (χ3n) is 8.00. The van der Waals surface area contributed by atoms with E-state index >= 15 is 0 Å². The van der Waals surface area contributed by atoms with Crippen molar-refractivity contribution < 1.29 is 23.2 Å². The van der Waals surface area contributed by atoms with Gasteiger partial charge in [-0.15, -0.1) is 0 Å². The Hall–Kier alpha value is -4.28. The highest BCUT2D eigenvalue weighted by Crippen LogP contribution is 2.41. The Morgan fingerprint density at radius 3 is 2.60 bits per heavy atom. The average molecular weight is 549 g/mol. The molecule has 0 spiro atoms. The molecule has 2 fully saturated rings. The number of aromatic amines is 2. The number of hydrogen-bond donors (Lipinski definition) is 3. The average Bonchev–Trinajstić information content (AvgIpc) is 3.66. The van der Waals surface area contributed by atoms with Crippen LogP contribution >= 0.6 is 0 Å². The highest BCUT2D eigenvalue weighted by molar-refractivity contribution is 6.00. The number of benzene rings is 2. The lowest BCUT2D eigenvalue weighted by molar-refractivity contribution is -0.139. The van der Waals surface area contributed by atoms with Crippen LogP contribution in [-0.2, 0) is 4.79 Å². The highest BCUT2D eigenvalue weighted by Gasteiger charge is 2.56. The molecule has 2 bridgehead atoms. The first-order valence-electron chi connectivity index (χ1n) is 13.4. The van der Waals surface area contributed by atoms with Crippen LogP contribution in [0.4, 0.5) is 8.78 Å². The standard InChI is InChI=1S/C29H30F2N6O3/c1-15(2)8-24(35-26(38)23-11-18-19(31)9-16(30)10-22(18)32-23)27(39)37-13-17-12-29(37,3)14-36(17)28(40)25-33-20-6-4-5-7-21(20)34-25/h4-7,9-11,15,17,24,32H,8,12-14H2,1-3H3,(H,33,34)(H,35,38). The van der Waals surface area contributed by atoms with Crippen molar-refractivity contribution in [1.29, 1.82) is 0 Å². The minimum absolute atomic E-state index is 0.0396. The summed E-state index contributed by atoms with van der Waals surface area (Å²) in [6.07, 6.45) is 1.02. The van der Waals surface area contributed by atoms with Crippen molar-refractivity contribution in [3.63, 3.8) is 0 Å². The van der Waals surface area contributed by atoms with E-state index in [2.05, 4.69) is 20.3 Å². The van der Waals surface area contributed by atoms with Gasteiger partial charge in [-0.3, -0.25) is 14.4 Å². The Balaban J connectivity index is 1.19. The molecule has 2 aliphatic heterocycles. The molecule has 3 unspecified atom stereocenters. The second kappa shape index (κ2) is 9.42. The fourth-order valence-electron chi connectivity index (χ4n) is 6.15. The highest BCUT2D eigenvalue weighted by atomic mass is 19.1. The van der Waals surface area contributed by atoms with E-state index in [1.807, 2.05) is 45.0 Å². The minimum atomic E-state index is -0.823. The minimum Gasteiger partial charge on any atom is -0.350 e. The smallest absolute Gasteiger partial charge is 0.290 e. The van der Waals surface area contributed by atoms with Crippen LogP contribution in [0.1, 0.15) is 54.7 Å². The molecule has 2 aliphatic rings. The Kier molecular flexibility index (Phi) is 6.12. The largest absolute Gasteiger partial charge is 0.350 e. The van der Waals surface area contributed by atoms with Gasteiger partial charge in [0.1, 0.15) is 23.4 Å². The number of rotatable bonds is 6. The Labute approximate surface area is 228 Å². The van der Waals surface area contributed by atoms with Gasteiger partial charge in [0.25, 0.3) is 11.8 Å². The SMILES string of the molecule is CC(C)CC(NC(=O)c1cc2c(F)cc(F)cc2[nH]1)C(=O)N1CC2CC1(C)CN2C(=O)c1nc2ccccc2[nH]1. The van der Waals surface area contributed by atoms with Gasteiger partial charge in [-0.2, -0.15) is 0 Å². The predicted octanol–water partition coefficient (Wildman–Crippen LogP) is 3.98. The van der Waals surface area contributed by atoms with Gasteiger partial charge >= 0.3 is 0 Å². The van der Waals surface area contributed by atoms with Crippen LogP contribution in [0.2, 0.25) is 0 Å². The maximum atomic E-state index is 14.2. The van der Waals surface area contributed by atoms with Gasteiger partial charge in [0, 0.05) is 24.5 Å². The Morgan fingerprint density at radius 1 is 1.12 bits per heavy atom. The molecule has 6 rings (SSSR count). The van der Waals surface area contributed by atoms with E-state index in [1.54, 1.807) is 9.80 Å². The Morgan fingerprint density at radius 2 is 1.90 bits per heavy atom. The number of amides is 3. The van der Waals surface area contributed by atoms with Crippen LogP contribution < -0.4 is 5.32 Å². The zero-order valence-corrected chi connectivity index (χ0v) is 22.4. The van der Waals surface area contributed by atoms with Crippen molar-refractivity contribution in [2.45, 2.75) is 51.2 Å². The molecule has 3 amide bonds. The number of piperazine rings is 1. The summed E-state index contributed by atoms with van der Waals surface area (Å²) in [6, 6.07) is 9.64. The molecule has 3 atom stereocenters. The van der Waals surface area contributed by atoms with Gasteiger partial charge in [0.15, 0.2) is 5.82 Å². The van der Waals surface area contributed by atoms with Crippen LogP contribution in [0, 0.1) is 17.6 Å². The molecule has 3 N–H and O–H groups in total. The number of carbonyl (C=O) groups excluding carboxylic acids is 3. The van der Waals surface area contributed by atoms with Crippen LogP contribution in [0.15, 0.2) is 42.5 Å². The van der Waals surface area contributed by atoms with Crippen molar-refractivity contribution in [1.82, 2.24) is 30.1 Å². The molecule has 9 nitrogen and oxygen atoms in total. The summed E-state index contributed by atoms with van der Waals surface area (Å²) >= 11 is 0. The second-order valence-corrected chi connectivity index (χ2v) is 11.5. The van der Waals surface area contributed by atoms with Crippen LogP contribution in [0.3, 0.4) is 0 Å². The number of para-hydroxylation sites is 2. The van der Waals surface area contributed by atoms with E-state index < -0.39 is 29.1 Å². The van der Waals surface area contributed by atoms with Crippen molar-refractivity contribution >= 4 is 39.7 Å². The van der Waals surface area contributed by atoms with Crippen LogP contribution in [-0.4, -0.2) is 73.2 Å². The number of imidazole rings is 1. The van der Waals surface area contributed by atoms with Crippen molar-refractivity contribution in [2.24, 2.45) is 5.92 Å². The van der Waals surface area contributed by atoms with Crippen molar-refractivity contribution in [3.05, 3.63) is 65.6 Å². The number of H-pyrrole nitrogens is 2. The molecule has 4 heterocycles. The summed E-state index contributed by atoms with van der Waals surface area (Å²) in [7, 11) is 0. The molecule has 2 saturated heterocycles. The van der Waals surface area contributed by atoms with Gasteiger partial charge in [-0.25, -0.2) is 13.8 Å². The zero-order chi connectivity index (χ0) is 28.3. The van der Waals surface area contributed by atoms with Crippen LogP contribution in [0.25, 0.3) is 21.9 Å². The summed E-state index contributed by atoms with van der Waals surface area (Å²) in [4.78, 5) is 54.2. The maximum Gasteiger partial charge on any atom is 0.290 e. The third kappa shape index (κ3) is 4.39. The number of fused-ring (bicyclic) bond motifs is 4. The molecule has 208 valence electrons.